The van der Waals surface area contributed by atoms with Crippen molar-refractivity contribution in [2.45, 2.75) is 12.5 Å². The summed E-state index contributed by atoms with van der Waals surface area (Å²) in [4.78, 5) is 0. The molecule has 1 N–H and O–H groups in total. The average Bonchev–Trinajstić information content (AvgIpc) is 2.27. The second-order valence-corrected chi connectivity index (χ2v) is 3.94. The summed E-state index contributed by atoms with van der Waals surface area (Å²) in [5.41, 5.74) is -0.911. The van der Waals surface area contributed by atoms with Crippen LogP contribution in [0.1, 0.15) is 6.92 Å². The minimum atomic E-state index is -0.911. The van der Waals surface area contributed by atoms with Crippen LogP contribution >= 0.6 is 12.6 Å². The molecule has 0 amide bonds. The first-order valence-corrected chi connectivity index (χ1v) is 5.31. The molecule has 0 aliphatic rings. The van der Waals surface area contributed by atoms with Crippen LogP contribution in [0.5, 0.6) is 11.5 Å². The quantitative estimate of drug-likeness (QED) is 0.754. The second kappa shape index (κ2) is 5.28. The van der Waals surface area contributed by atoms with E-state index in [0.29, 0.717) is 11.5 Å². The molecule has 1 aromatic rings. The first kappa shape index (κ1) is 12.2. The van der Waals surface area contributed by atoms with Gasteiger partial charge in [-0.3, -0.25) is 0 Å². The van der Waals surface area contributed by atoms with Gasteiger partial charge in [0.15, 0.2) is 0 Å². The van der Waals surface area contributed by atoms with E-state index in [1.807, 2.05) is 18.2 Å². The summed E-state index contributed by atoms with van der Waals surface area (Å²) in [7, 11) is 1.60. The zero-order chi connectivity index (χ0) is 11.3. The minimum absolute atomic E-state index is 0.212. The Morgan fingerprint density at radius 2 is 2.07 bits per heavy atom. The van der Waals surface area contributed by atoms with Gasteiger partial charge in [-0.05, 0) is 19.1 Å². The van der Waals surface area contributed by atoms with Crippen LogP contribution in [-0.4, -0.2) is 30.2 Å². The summed E-state index contributed by atoms with van der Waals surface area (Å²) in [5.74, 6) is 1.77. The van der Waals surface area contributed by atoms with E-state index in [1.165, 1.54) is 0 Å². The van der Waals surface area contributed by atoms with Gasteiger partial charge in [-0.2, -0.15) is 12.6 Å². The third-order valence-corrected chi connectivity index (χ3v) is 2.61. The molecule has 0 bridgehead atoms. The number of hydrogen-bond acceptors (Lipinski definition) is 4. The van der Waals surface area contributed by atoms with Crippen LogP contribution in [0, 0.1) is 0 Å². The molecule has 0 heterocycles. The Kier molecular flexibility index (Phi) is 4.29. The first-order valence-electron chi connectivity index (χ1n) is 4.67. The minimum Gasteiger partial charge on any atom is -0.497 e. The zero-order valence-electron chi connectivity index (χ0n) is 8.93. The van der Waals surface area contributed by atoms with Gasteiger partial charge in [-0.25, -0.2) is 0 Å². The number of benzene rings is 1. The van der Waals surface area contributed by atoms with Crippen LogP contribution in [0.25, 0.3) is 0 Å². The normalized spacial score (nSPS) is 14.4. The van der Waals surface area contributed by atoms with Gasteiger partial charge in [0.1, 0.15) is 23.7 Å². The second-order valence-electron chi connectivity index (χ2n) is 3.62. The third-order valence-electron chi connectivity index (χ3n) is 1.93. The highest BCUT2D eigenvalue weighted by Gasteiger charge is 2.18. The molecule has 4 heteroatoms. The lowest BCUT2D eigenvalue weighted by molar-refractivity contribution is 0.0330. The smallest absolute Gasteiger partial charge is 0.123 e. The molecule has 84 valence electrons. The molecule has 0 fully saturated rings. The number of ether oxygens (including phenoxy) is 2. The predicted molar refractivity (Wildman–Crippen MR) is 63.0 cm³/mol. The van der Waals surface area contributed by atoms with E-state index >= 15 is 0 Å². The van der Waals surface area contributed by atoms with Crippen molar-refractivity contribution in [3.8, 4) is 11.5 Å². The Morgan fingerprint density at radius 1 is 1.40 bits per heavy atom. The number of rotatable bonds is 5. The molecular formula is C11H16O3S. The fraction of sp³-hybridized carbons (Fsp3) is 0.455. The molecule has 0 spiro atoms. The lowest BCUT2D eigenvalue weighted by Gasteiger charge is -2.21. The van der Waals surface area contributed by atoms with E-state index in [-0.39, 0.29) is 6.61 Å². The van der Waals surface area contributed by atoms with Crippen LogP contribution in [0.4, 0.5) is 0 Å². The lowest BCUT2D eigenvalue weighted by atomic mass is 10.1. The number of aliphatic hydroxyl groups is 1. The molecule has 0 aliphatic carbocycles. The molecule has 0 aliphatic heterocycles. The Labute approximate surface area is 95.4 Å². The maximum absolute atomic E-state index is 9.68. The average molecular weight is 228 g/mol. The van der Waals surface area contributed by atoms with Crippen LogP contribution in [0.3, 0.4) is 0 Å². The Morgan fingerprint density at radius 3 is 2.67 bits per heavy atom. The molecule has 3 nitrogen and oxygen atoms in total. The highest BCUT2D eigenvalue weighted by Crippen LogP contribution is 2.20. The summed E-state index contributed by atoms with van der Waals surface area (Å²) in [6.07, 6.45) is 0. The Hall–Kier alpha value is -0.870. The molecule has 1 rings (SSSR count). The summed E-state index contributed by atoms with van der Waals surface area (Å²) < 4.78 is 10.5. The van der Waals surface area contributed by atoms with E-state index in [4.69, 9.17) is 9.47 Å². The van der Waals surface area contributed by atoms with E-state index in [1.54, 1.807) is 20.1 Å². The Bertz CT molecular complexity index is 312. The number of hydrogen-bond donors (Lipinski definition) is 2. The highest BCUT2D eigenvalue weighted by atomic mass is 32.1. The summed E-state index contributed by atoms with van der Waals surface area (Å²) in [5, 5.41) is 9.68. The highest BCUT2D eigenvalue weighted by molar-refractivity contribution is 7.80. The van der Waals surface area contributed by atoms with Gasteiger partial charge in [0.05, 0.1) is 7.11 Å². The zero-order valence-corrected chi connectivity index (χ0v) is 9.83. The van der Waals surface area contributed by atoms with Gasteiger partial charge < -0.3 is 14.6 Å². The van der Waals surface area contributed by atoms with Crippen LogP contribution in [-0.2, 0) is 0 Å². The monoisotopic (exact) mass is 228 g/mol. The van der Waals surface area contributed by atoms with Gasteiger partial charge in [0, 0.05) is 11.8 Å². The lowest BCUT2D eigenvalue weighted by Crippen LogP contribution is -2.34. The standard InChI is InChI=1S/C11H16O3S/c1-11(12,8-15)7-14-10-5-3-4-9(6-10)13-2/h3-6,12,15H,7-8H2,1-2H3. The van der Waals surface area contributed by atoms with Crippen molar-refractivity contribution in [1.82, 2.24) is 0 Å². The van der Waals surface area contributed by atoms with Gasteiger partial charge in [0.25, 0.3) is 0 Å². The van der Waals surface area contributed by atoms with Crippen LogP contribution in [0.15, 0.2) is 24.3 Å². The first-order chi connectivity index (χ1) is 7.07. The summed E-state index contributed by atoms with van der Waals surface area (Å²) >= 11 is 4.03. The maximum atomic E-state index is 9.68. The van der Waals surface area contributed by atoms with E-state index in [9.17, 15) is 5.11 Å². The molecule has 0 saturated heterocycles. The van der Waals surface area contributed by atoms with Crippen molar-refractivity contribution in [1.29, 1.82) is 0 Å². The van der Waals surface area contributed by atoms with E-state index in [0.717, 1.165) is 5.75 Å². The maximum Gasteiger partial charge on any atom is 0.123 e. The van der Waals surface area contributed by atoms with Crippen molar-refractivity contribution < 1.29 is 14.6 Å². The molecule has 1 aromatic carbocycles. The molecular weight excluding hydrogens is 212 g/mol. The van der Waals surface area contributed by atoms with Crippen molar-refractivity contribution in [2.24, 2.45) is 0 Å². The predicted octanol–water partition coefficient (Wildman–Crippen LogP) is 1.75. The van der Waals surface area contributed by atoms with Crippen molar-refractivity contribution in [3.63, 3.8) is 0 Å². The molecule has 0 saturated carbocycles. The van der Waals surface area contributed by atoms with Crippen molar-refractivity contribution in [3.05, 3.63) is 24.3 Å². The SMILES string of the molecule is COc1cccc(OCC(C)(O)CS)c1. The number of methoxy groups -OCH3 is 1. The van der Waals surface area contributed by atoms with Crippen molar-refractivity contribution in [2.75, 3.05) is 19.5 Å². The van der Waals surface area contributed by atoms with E-state index in [2.05, 4.69) is 12.6 Å². The summed E-state index contributed by atoms with van der Waals surface area (Å²) in [6.45, 7) is 1.89. The van der Waals surface area contributed by atoms with Gasteiger partial charge in [-0.1, -0.05) is 6.07 Å². The molecule has 1 atom stereocenters. The third kappa shape index (κ3) is 4.01. The van der Waals surface area contributed by atoms with Gasteiger partial charge in [0.2, 0.25) is 0 Å². The fourth-order valence-corrected chi connectivity index (χ4v) is 1.07. The molecule has 15 heavy (non-hydrogen) atoms. The Balaban J connectivity index is 2.57. The van der Waals surface area contributed by atoms with Gasteiger partial charge >= 0.3 is 0 Å². The molecule has 0 radical (unpaired) electrons. The van der Waals surface area contributed by atoms with Crippen LogP contribution < -0.4 is 9.47 Å². The topological polar surface area (TPSA) is 38.7 Å². The molecule has 1 unspecified atom stereocenters. The largest absolute Gasteiger partial charge is 0.497 e. The number of thiol groups is 1. The van der Waals surface area contributed by atoms with E-state index < -0.39 is 5.60 Å². The summed E-state index contributed by atoms with van der Waals surface area (Å²) in [6, 6.07) is 7.26. The van der Waals surface area contributed by atoms with Crippen LogP contribution in [0.2, 0.25) is 0 Å². The molecule has 0 aromatic heterocycles. The van der Waals surface area contributed by atoms with Gasteiger partial charge in [-0.15, -0.1) is 0 Å². The fourth-order valence-electron chi connectivity index (χ4n) is 0.975. The van der Waals surface area contributed by atoms with Crippen molar-refractivity contribution >= 4 is 12.6 Å².